The van der Waals surface area contributed by atoms with Gasteiger partial charge in [-0.25, -0.2) is 13.8 Å². The number of benzene rings is 1. The molecule has 136 valence electrons. The van der Waals surface area contributed by atoms with E-state index in [1.165, 1.54) is 6.07 Å². The summed E-state index contributed by atoms with van der Waals surface area (Å²) in [5, 5.41) is 0.131. The fourth-order valence-electron chi connectivity index (χ4n) is 2.46. The highest BCUT2D eigenvalue weighted by Gasteiger charge is 2.35. The number of nitrogens with zero attached hydrogens (tertiary/aromatic N) is 2. The summed E-state index contributed by atoms with van der Waals surface area (Å²) in [4.78, 5) is 24.3. The van der Waals surface area contributed by atoms with Gasteiger partial charge in [0.15, 0.2) is 5.82 Å². The molecule has 0 fully saturated rings. The molecule has 2 rings (SSSR count). The highest BCUT2D eigenvalue weighted by molar-refractivity contribution is 6.31. The van der Waals surface area contributed by atoms with Crippen LogP contribution in [-0.4, -0.2) is 9.13 Å². The van der Waals surface area contributed by atoms with Gasteiger partial charge in [0.1, 0.15) is 5.69 Å². The minimum Gasteiger partial charge on any atom is -0.292 e. The largest absolute Gasteiger partial charge is 0.431 e. The van der Waals surface area contributed by atoms with Crippen LogP contribution in [0.3, 0.4) is 0 Å². The van der Waals surface area contributed by atoms with E-state index in [1.807, 2.05) is 6.92 Å². The van der Waals surface area contributed by atoms with Crippen LogP contribution in [0.1, 0.15) is 31.0 Å². The molecule has 0 aliphatic carbocycles. The number of unbranched alkanes of at least 4 members (excludes halogenated alkanes) is 1. The fraction of sp³-hybridized carbons (Fsp3) is 0.375. The number of rotatable bonds is 4. The molecule has 0 unspecified atom stereocenters. The summed E-state index contributed by atoms with van der Waals surface area (Å²) in [6.45, 7) is 1.89. The lowest BCUT2D eigenvalue weighted by Crippen LogP contribution is -2.41. The third-order valence-corrected chi connectivity index (χ3v) is 4.15. The molecule has 0 aliphatic rings. The maximum Gasteiger partial charge on any atom is 0.431 e. The monoisotopic (exact) mass is 378 g/mol. The third kappa shape index (κ3) is 3.63. The van der Waals surface area contributed by atoms with Gasteiger partial charge in [0.05, 0.1) is 5.69 Å². The molecule has 0 atom stereocenters. The smallest absolute Gasteiger partial charge is 0.292 e. The van der Waals surface area contributed by atoms with Gasteiger partial charge >= 0.3 is 11.9 Å². The first-order chi connectivity index (χ1) is 11.6. The van der Waals surface area contributed by atoms with Crippen molar-refractivity contribution in [1.29, 1.82) is 0 Å². The van der Waals surface area contributed by atoms with Crippen LogP contribution in [0.5, 0.6) is 0 Å². The van der Waals surface area contributed by atoms with Crippen molar-refractivity contribution in [3.05, 3.63) is 61.1 Å². The highest BCUT2D eigenvalue weighted by atomic mass is 35.5. The average Bonchev–Trinajstić information content (AvgIpc) is 2.52. The zero-order valence-electron chi connectivity index (χ0n) is 13.5. The van der Waals surface area contributed by atoms with Gasteiger partial charge in [0.2, 0.25) is 0 Å². The summed E-state index contributed by atoms with van der Waals surface area (Å²) in [5.74, 6) is -0.889. The van der Waals surface area contributed by atoms with Crippen molar-refractivity contribution in [3.8, 4) is 5.69 Å². The van der Waals surface area contributed by atoms with Crippen molar-refractivity contribution in [3.63, 3.8) is 0 Å². The molecule has 0 saturated heterocycles. The molecular formula is C16H15ClF4N2O2. The molecule has 0 radical (unpaired) electrons. The van der Waals surface area contributed by atoms with E-state index in [0.717, 1.165) is 19.5 Å². The van der Waals surface area contributed by atoms with E-state index in [4.69, 9.17) is 11.6 Å². The van der Waals surface area contributed by atoms with Crippen molar-refractivity contribution in [2.75, 3.05) is 0 Å². The lowest BCUT2D eigenvalue weighted by atomic mass is 10.1. The Morgan fingerprint density at radius 1 is 1.20 bits per heavy atom. The van der Waals surface area contributed by atoms with E-state index >= 15 is 0 Å². The van der Waals surface area contributed by atoms with E-state index in [9.17, 15) is 27.2 Å². The first-order valence-corrected chi connectivity index (χ1v) is 7.85. The molecule has 0 N–H and O–H groups in total. The molecule has 1 aromatic heterocycles. The fourth-order valence-corrected chi connectivity index (χ4v) is 2.70. The van der Waals surface area contributed by atoms with E-state index in [1.54, 1.807) is 0 Å². The number of hydrogen-bond donors (Lipinski definition) is 0. The molecule has 0 amide bonds. The summed E-state index contributed by atoms with van der Waals surface area (Å²) in [6, 6.07) is 2.68. The predicted molar refractivity (Wildman–Crippen MR) is 85.9 cm³/mol. The summed E-state index contributed by atoms with van der Waals surface area (Å²) in [6.07, 6.45) is -3.20. The Balaban J connectivity index is 2.74. The zero-order chi connectivity index (χ0) is 18.9. The van der Waals surface area contributed by atoms with E-state index < -0.39 is 34.6 Å². The van der Waals surface area contributed by atoms with Gasteiger partial charge in [0.25, 0.3) is 5.56 Å². The molecule has 1 aromatic carbocycles. The summed E-state index contributed by atoms with van der Waals surface area (Å²) >= 11 is 5.96. The Kier molecular flexibility index (Phi) is 5.41. The van der Waals surface area contributed by atoms with Gasteiger partial charge in [-0.2, -0.15) is 13.2 Å². The normalized spacial score (nSPS) is 11.8. The number of alkyl halides is 3. The van der Waals surface area contributed by atoms with Crippen LogP contribution in [0.4, 0.5) is 17.6 Å². The van der Waals surface area contributed by atoms with Crippen LogP contribution in [0, 0.1) is 5.82 Å². The van der Waals surface area contributed by atoms with Crippen molar-refractivity contribution in [1.82, 2.24) is 9.13 Å². The SMILES string of the molecule is CCCCc1c(Cl)ccc(-n2c(=O)cc(C(F)(F)F)n(C)c2=O)c1F. The molecule has 2 aromatic rings. The maximum atomic E-state index is 14.8. The van der Waals surface area contributed by atoms with Crippen LogP contribution >= 0.6 is 11.6 Å². The molecule has 0 saturated carbocycles. The first kappa shape index (κ1) is 19.2. The number of aromatic nitrogens is 2. The van der Waals surface area contributed by atoms with Gasteiger partial charge in [-0.1, -0.05) is 24.9 Å². The minimum atomic E-state index is -4.88. The van der Waals surface area contributed by atoms with Crippen molar-refractivity contribution in [2.24, 2.45) is 7.05 Å². The Morgan fingerprint density at radius 2 is 1.84 bits per heavy atom. The lowest BCUT2D eigenvalue weighted by Gasteiger charge is -2.15. The average molecular weight is 379 g/mol. The van der Waals surface area contributed by atoms with E-state index in [2.05, 4.69) is 0 Å². The highest BCUT2D eigenvalue weighted by Crippen LogP contribution is 2.28. The van der Waals surface area contributed by atoms with Crippen molar-refractivity contribution >= 4 is 11.6 Å². The Hall–Kier alpha value is -2.09. The van der Waals surface area contributed by atoms with Crippen LogP contribution in [0.15, 0.2) is 27.8 Å². The van der Waals surface area contributed by atoms with Crippen LogP contribution in [-0.2, 0) is 19.6 Å². The number of hydrogen-bond acceptors (Lipinski definition) is 2. The maximum absolute atomic E-state index is 14.8. The lowest BCUT2D eigenvalue weighted by molar-refractivity contribution is -0.144. The standard InChI is InChI=1S/C16H15ClF4N2O2/c1-3-4-5-9-10(17)6-7-11(14(9)18)23-13(24)8-12(16(19,20)21)22(2)15(23)25/h6-8H,3-5H2,1-2H3. The summed E-state index contributed by atoms with van der Waals surface area (Å²) < 4.78 is 54.0. The second-order valence-electron chi connectivity index (χ2n) is 5.51. The molecule has 9 heteroatoms. The molecule has 4 nitrogen and oxygen atoms in total. The van der Waals surface area contributed by atoms with Gasteiger partial charge in [0, 0.05) is 23.7 Å². The zero-order valence-corrected chi connectivity index (χ0v) is 14.2. The van der Waals surface area contributed by atoms with Gasteiger partial charge in [-0.05, 0) is 25.0 Å². The molecule has 1 heterocycles. The van der Waals surface area contributed by atoms with Crippen molar-refractivity contribution < 1.29 is 17.6 Å². The van der Waals surface area contributed by atoms with Crippen molar-refractivity contribution in [2.45, 2.75) is 32.4 Å². The van der Waals surface area contributed by atoms with Gasteiger partial charge in [-0.3, -0.25) is 9.36 Å². The molecule has 0 spiro atoms. The van der Waals surface area contributed by atoms with E-state index in [-0.39, 0.29) is 27.6 Å². The quantitative estimate of drug-likeness (QED) is 0.762. The van der Waals surface area contributed by atoms with Gasteiger partial charge in [-0.15, -0.1) is 0 Å². The Bertz CT molecular complexity index is 916. The van der Waals surface area contributed by atoms with Crippen LogP contribution in [0.2, 0.25) is 5.02 Å². The molecule has 0 aliphatic heterocycles. The molecule has 25 heavy (non-hydrogen) atoms. The Labute approximate surface area is 145 Å². The predicted octanol–water partition coefficient (Wildman–Crippen LogP) is 3.69. The molecular weight excluding hydrogens is 364 g/mol. The Morgan fingerprint density at radius 3 is 2.40 bits per heavy atom. The van der Waals surface area contributed by atoms with Gasteiger partial charge < -0.3 is 0 Å². The topological polar surface area (TPSA) is 44.0 Å². The van der Waals surface area contributed by atoms with Crippen LogP contribution in [0.25, 0.3) is 5.69 Å². The first-order valence-electron chi connectivity index (χ1n) is 7.47. The minimum absolute atomic E-state index is 0.120. The summed E-state index contributed by atoms with van der Waals surface area (Å²) in [5.41, 5.74) is -4.26. The second kappa shape index (κ2) is 7.03. The molecule has 0 bridgehead atoms. The van der Waals surface area contributed by atoms with E-state index in [0.29, 0.717) is 11.0 Å². The third-order valence-electron chi connectivity index (χ3n) is 3.80. The van der Waals surface area contributed by atoms with Crippen LogP contribution < -0.4 is 11.2 Å². The summed E-state index contributed by atoms with van der Waals surface area (Å²) in [7, 11) is 0.868. The number of halogens is 5. The second-order valence-corrected chi connectivity index (χ2v) is 5.91.